The number of aromatic nitrogens is 1. The summed E-state index contributed by atoms with van der Waals surface area (Å²) in [5, 5.41) is 19.7. The van der Waals surface area contributed by atoms with Crippen LogP contribution < -0.4 is 5.73 Å². The average Bonchev–Trinajstić information content (AvgIpc) is 3.29. The lowest BCUT2D eigenvalue weighted by Crippen LogP contribution is -2.38. The van der Waals surface area contributed by atoms with E-state index in [2.05, 4.69) is 11.1 Å². The van der Waals surface area contributed by atoms with Gasteiger partial charge >= 0.3 is 0 Å². The Morgan fingerprint density at radius 1 is 1.41 bits per heavy atom. The molecule has 1 saturated carbocycles. The molecule has 2 aromatic rings. The summed E-state index contributed by atoms with van der Waals surface area (Å²) in [5.41, 5.74) is 7.42. The molecule has 1 aromatic carbocycles. The van der Waals surface area contributed by atoms with E-state index in [1.807, 2.05) is 0 Å². The van der Waals surface area contributed by atoms with Crippen LogP contribution in [-0.4, -0.2) is 38.9 Å². The van der Waals surface area contributed by atoms with Gasteiger partial charge in [-0.3, -0.25) is 14.6 Å². The van der Waals surface area contributed by atoms with Gasteiger partial charge in [0.15, 0.2) is 0 Å². The second-order valence-electron chi connectivity index (χ2n) is 7.40. The Bertz CT molecular complexity index is 995. The summed E-state index contributed by atoms with van der Waals surface area (Å²) in [6.07, 6.45) is 1.03. The third kappa shape index (κ3) is 3.02. The number of aliphatic hydroxyl groups is 1. The molecule has 7 heteroatoms. The van der Waals surface area contributed by atoms with Crippen molar-refractivity contribution >= 4 is 22.7 Å². The molecule has 2 fully saturated rings. The Balaban J connectivity index is 1.69. The van der Waals surface area contributed by atoms with Crippen LogP contribution in [0, 0.1) is 17.2 Å². The zero-order valence-electron chi connectivity index (χ0n) is 14.9. The molecule has 1 unspecified atom stereocenters. The van der Waals surface area contributed by atoms with E-state index >= 15 is 0 Å². The maximum Gasteiger partial charge on any atom is 0.249 e. The first kappa shape index (κ1) is 17.4. The van der Waals surface area contributed by atoms with Crippen molar-refractivity contribution in [2.75, 3.05) is 0 Å². The molecule has 0 bridgehead atoms. The van der Waals surface area contributed by atoms with Gasteiger partial charge in [-0.15, -0.1) is 0 Å². The topological polar surface area (TPSA) is 120 Å². The van der Waals surface area contributed by atoms with E-state index in [4.69, 9.17) is 5.73 Å². The minimum Gasteiger partial charge on any atom is -0.389 e. The molecule has 4 rings (SSSR count). The number of carbonyl (C=O) groups is 2. The Hall–Kier alpha value is -2.98. The highest BCUT2D eigenvalue weighted by atomic mass is 16.3. The van der Waals surface area contributed by atoms with Gasteiger partial charge in [-0.2, -0.15) is 5.26 Å². The van der Waals surface area contributed by atoms with Gasteiger partial charge in [0.05, 0.1) is 35.4 Å². The van der Waals surface area contributed by atoms with Crippen LogP contribution in [0.5, 0.6) is 0 Å². The van der Waals surface area contributed by atoms with Crippen molar-refractivity contribution in [3.63, 3.8) is 0 Å². The molecule has 1 aliphatic heterocycles. The minimum atomic E-state index is -0.675. The van der Waals surface area contributed by atoms with Crippen LogP contribution in [0.2, 0.25) is 0 Å². The second-order valence-corrected chi connectivity index (χ2v) is 7.40. The van der Waals surface area contributed by atoms with Crippen LogP contribution in [0.1, 0.15) is 47.5 Å². The van der Waals surface area contributed by atoms with Crippen LogP contribution in [0.15, 0.2) is 24.3 Å². The number of primary amides is 1. The summed E-state index contributed by atoms with van der Waals surface area (Å²) in [7, 11) is 0. The number of nitrogens with zero attached hydrogens (tertiary/aromatic N) is 3. The molecule has 1 saturated heterocycles. The molecule has 1 aromatic heterocycles. The van der Waals surface area contributed by atoms with Crippen molar-refractivity contribution in [1.29, 1.82) is 5.26 Å². The van der Waals surface area contributed by atoms with E-state index in [0.717, 1.165) is 12.8 Å². The highest BCUT2D eigenvalue weighted by Gasteiger charge is 2.53. The number of pyridine rings is 1. The lowest BCUT2D eigenvalue weighted by molar-refractivity contribution is -0.131. The standard InChI is InChI=1S/C20H20N4O3/c1-10(25)11-2-3-15-16(20(22)27)7-13(23-17(15)5-11)8-19(26)24-14(9-21)4-12-6-18(12)24/h2-3,5,7,10,12,14,18,25H,4,6,8H2,1H3,(H2,22,27)/t10?,12-,14+,18+/m1/s1. The fourth-order valence-electron chi connectivity index (χ4n) is 4.03. The molecule has 138 valence electrons. The van der Waals surface area contributed by atoms with Gasteiger partial charge in [0, 0.05) is 11.4 Å². The van der Waals surface area contributed by atoms with Crippen molar-refractivity contribution in [1.82, 2.24) is 9.88 Å². The van der Waals surface area contributed by atoms with Crippen molar-refractivity contribution < 1.29 is 14.7 Å². The Morgan fingerprint density at radius 2 is 2.19 bits per heavy atom. The Morgan fingerprint density at radius 3 is 2.85 bits per heavy atom. The predicted octanol–water partition coefficient (Wildman–Crippen LogP) is 1.44. The number of nitriles is 1. The maximum atomic E-state index is 12.8. The zero-order valence-corrected chi connectivity index (χ0v) is 14.9. The van der Waals surface area contributed by atoms with E-state index in [9.17, 15) is 20.0 Å². The van der Waals surface area contributed by atoms with Crippen LogP contribution >= 0.6 is 0 Å². The van der Waals surface area contributed by atoms with Gasteiger partial charge < -0.3 is 15.7 Å². The molecular formula is C20H20N4O3. The number of nitrogens with two attached hydrogens (primary N) is 1. The molecular weight excluding hydrogens is 344 g/mol. The van der Waals surface area contributed by atoms with E-state index in [1.54, 1.807) is 36.1 Å². The van der Waals surface area contributed by atoms with E-state index in [1.165, 1.54) is 0 Å². The first-order valence-corrected chi connectivity index (χ1v) is 9.01. The summed E-state index contributed by atoms with van der Waals surface area (Å²) in [6.45, 7) is 1.64. The van der Waals surface area contributed by atoms with Crippen LogP contribution in [0.3, 0.4) is 0 Å². The maximum absolute atomic E-state index is 12.8. The quantitative estimate of drug-likeness (QED) is 0.850. The number of carbonyl (C=O) groups excluding carboxylic acids is 2. The van der Waals surface area contributed by atoms with Crippen LogP contribution in [0.4, 0.5) is 0 Å². The number of aliphatic hydroxyl groups excluding tert-OH is 1. The van der Waals surface area contributed by atoms with Crippen LogP contribution in [0.25, 0.3) is 10.9 Å². The van der Waals surface area contributed by atoms with Gasteiger partial charge in [0.1, 0.15) is 6.04 Å². The fourth-order valence-corrected chi connectivity index (χ4v) is 4.03. The number of hydrogen-bond acceptors (Lipinski definition) is 5. The fraction of sp³-hybridized carbons (Fsp3) is 0.400. The SMILES string of the molecule is CC(O)c1ccc2c(C(N)=O)cc(CC(=O)N3[C@H](C#N)C[C@@H]4C[C@@H]43)nc2c1. The molecule has 1 aliphatic carbocycles. The van der Waals surface area contributed by atoms with Gasteiger partial charge in [-0.1, -0.05) is 12.1 Å². The zero-order chi connectivity index (χ0) is 19.3. The van der Waals surface area contributed by atoms with Gasteiger partial charge in [-0.05, 0) is 43.4 Å². The van der Waals surface area contributed by atoms with E-state index < -0.39 is 12.0 Å². The summed E-state index contributed by atoms with van der Waals surface area (Å²) in [5.74, 6) is -0.308. The number of amides is 2. The highest BCUT2D eigenvalue weighted by molar-refractivity contribution is 6.05. The molecule has 2 heterocycles. The number of piperidine rings is 1. The molecule has 3 N–H and O–H groups in total. The first-order chi connectivity index (χ1) is 12.9. The van der Waals surface area contributed by atoms with Gasteiger partial charge in [0.2, 0.25) is 11.8 Å². The largest absolute Gasteiger partial charge is 0.389 e. The Kier molecular flexibility index (Phi) is 4.08. The molecule has 4 atom stereocenters. The summed E-state index contributed by atoms with van der Waals surface area (Å²) in [6, 6.07) is 8.67. The minimum absolute atomic E-state index is 0.0104. The van der Waals surface area contributed by atoms with Crippen molar-refractivity contribution in [3.05, 3.63) is 41.1 Å². The number of fused-ring (bicyclic) bond motifs is 2. The molecule has 2 aliphatic rings. The summed E-state index contributed by atoms with van der Waals surface area (Å²) in [4.78, 5) is 30.9. The van der Waals surface area contributed by atoms with Crippen molar-refractivity contribution in [2.24, 2.45) is 11.7 Å². The summed E-state index contributed by atoms with van der Waals surface area (Å²) >= 11 is 0. The number of rotatable bonds is 4. The average molecular weight is 364 g/mol. The highest BCUT2D eigenvalue weighted by Crippen LogP contribution is 2.47. The lowest BCUT2D eigenvalue weighted by Gasteiger charge is -2.22. The third-order valence-corrected chi connectivity index (χ3v) is 5.51. The van der Waals surface area contributed by atoms with E-state index in [-0.39, 0.29) is 24.4 Å². The third-order valence-electron chi connectivity index (χ3n) is 5.51. The second kappa shape index (κ2) is 6.32. The number of benzene rings is 1. The number of hydrogen-bond donors (Lipinski definition) is 2. The Labute approximate surface area is 156 Å². The normalized spacial score (nSPS) is 24.3. The first-order valence-electron chi connectivity index (χ1n) is 9.01. The van der Waals surface area contributed by atoms with Crippen LogP contribution in [-0.2, 0) is 11.2 Å². The molecule has 0 radical (unpaired) electrons. The van der Waals surface area contributed by atoms with Gasteiger partial charge in [-0.25, -0.2) is 0 Å². The molecule has 27 heavy (non-hydrogen) atoms. The lowest BCUT2D eigenvalue weighted by atomic mass is 10.0. The van der Waals surface area contributed by atoms with Crippen molar-refractivity contribution in [3.8, 4) is 6.07 Å². The van der Waals surface area contributed by atoms with Gasteiger partial charge in [0.25, 0.3) is 0 Å². The number of likely N-dealkylation sites (tertiary alicyclic amines) is 1. The summed E-state index contributed by atoms with van der Waals surface area (Å²) < 4.78 is 0. The van der Waals surface area contributed by atoms with E-state index in [0.29, 0.717) is 33.6 Å². The molecule has 0 spiro atoms. The molecule has 2 amide bonds. The monoisotopic (exact) mass is 364 g/mol. The predicted molar refractivity (Wildman–Crippen MR) is 97.4 cm³/mol. The molecule has 7 nitrogen and oxygen atoms in total. The smallest absolute Gasteiger partial charge is 0.249 e. The van der Waals surface area contributed by atoms with Crippen molar-refractivity contribution in [2.45, 2.75) is 44.4 Å².